The first kappa shape index (κ1) is 15.9. The lowest BCUT2D eigenvalue weighted by molar-refractivity contribution is -0.118. The number of allylic oxidation sites excluding steroid dienone is 3. The van der Waals surface area contributed by atoms with Gasteiger partial charge in [-0.1, -0.05) is 26.3 Å². The van der Waals surface area contributed by atoms with Gasteiger partial charge in [-0.3, -0.25) is 4.79 Å². The summed E-state index contributed by atoms with van der Waals surface area (Å²) in [5, 5.41) is 10.3. The summed E-state index contributed by atoms with van der Waals surface area (Å²) in [5.41, 5.74) is 0. The highest BCUT2D eigenvalue weighted by atomic mass is 127. The topological polar surface area (TPSA) is 37.3 Å². The molecule has 1 unspecified atom stereocenters. The molecule has 1 aliphatic rings. The summed E-state index contributed by atoms with van der Waals surface area (Å²) in [4.78, 5) is 12.2. The van der Waals surface area contributed by atoms with Crippen molar-refractivity contribution in [3.63, 3.8) is 0 Å². The molecule has 0 aliphatic heterocycles. The SMILES string of the molecule is C=CC[C@@H]1CC(CC)[C@H](O)C[C@@H](C)/C(I)=C\C1=O. The number of hydrogen-bond donors (Lipinski definition) is 1. The first-order valence-electron chi connectivity index (χ1n) is 6.69. The third-order valence-electron chi connectivity index (χ3n) is 3.86. The quantitative estimate of drug-likeness (QED) is 0.611. The minimum atomic E-state index is -0.304. The molecule has 0 heterocycles. The Kier molecular flexibility index (Phi) is 6.57. The first-order chi connectivity index (χ1) is 8.49. The third-order valence-corrected chi connectivity index (χ3v) is 5.23. The fraction of sp³-hybridized carbons (Fsp3) is 0.667. The van der Waals surface area contributed by atoms with E-state index in [0.29, 0.717) is 6.42 Å². The van der Waals surface area contributed by atoms with Crippen LogP contribution in [0.2, 0.25) is 0 Å². The lowest BCUT2D eigenvalue weighted by Gasteiger charge is -2.25. The lowest BCUT2D eigenvalue weighted by Crippen LogP contribution is -2.25. The fourth-order valence-electron chi connectivity index (χ4n) is 2.55. The molecular weight excluding hydrogens is 339 g/mol. The molecule has 1 aliphatic carbocycles. The molecule has 0 aromatic rings. The fourth-order valence-corrected chi connectivity index (χ4v) is 3.12. The Morgan fingerprint density at radius 1 is 1.56 bits per heavy atom. The molecule has 0 aromatic heterocycles. The molecule has 0 amide bonds. The third kappa shape index (κ3) is 4.19. The second-order valence-corrected chi connectivity index (χ2v) is 6.51. The van der Waals surface area contributed by atoms with Crippen LogP contribution in [0, 0.1) is 17.8 Å². The molecule has 0 aromatic carbocycles. The Balaban J connectivity index is 2.99. The second-order valence-electron chi connectivity index (χ2n) is 5.26. The van der Waals surface area contributed by atoms with Gasteiger partial charge in [0.1, 0.15) is 0 Å². The second kappa shape index (κ2) is 7.43. The number of carbonyl (C=O) groups excluding carboxylic acids is 1. The largest absolute Gasteiger partial charge is 0.393 e. The van der Waals surface area contributed by atoms with E-state index in [9.17, 15) is 9.90 Å². The molecule has 0 radical (unpaired) electrons. The van der Waals surface area contributed by atoms with Crippen LogP contribution in [-0.2, 0) is 4.79 Å². The molecule has 0 spiro atoms. The summed E-state index contributed by atoms with van der Waals surface area (Å²) in [5.74, 6) is 0.661. The van der Waals surface area contributed by atoms with Gasteiger partial charge >= 0.3 is 0 Å². The summed E-state index contributed by atoms with van der Waals surface area (Å²) in [7, 11) is 0. The Bertz CT molecular complexity index is 335. The van der Waals surface area contributed by atoms with Gasteiger partial charge in [0.05, 0.1) is 6.10 Å². The van der Waals surface area contributed by atoms with Crippen molar-refractivity contribution in [3.05, 3.63) is 22.3 Å². The predicted molar refractivity (Wildman–Crippen MR) is 83.6 cm³/mol. The summed E-state index contributed by atoms with van der Waals surface area (Å²) in [6, 6.07) is 0. The maximum Gasteiger partial charge on any atom is 0.159 e. The van der Waals surface area contributed by atoms with E-state index in [1.807, 2.05) is 6.08 Å². The van der Waals surface area contributed by atoms with E-state index in [1.165, 1.54) is 0 Å². The molecular formula is C15H23IO2. The van der Waals surface area contributed by atoms with Gasteiger partial charge in [-0.05, 0) is 63.3 Å². The number of aliphatic hydroxyl groups is 1. The van der Waals surface area contributed by atoms with Crippen molar-refractivity contribution >= 4 is 28.4 Å². The van der Waals surface area contributed by atoms with Crippen molar-refractivity contribution in [1.29, 1.82) is 0 Å². The minimum absolute atomic E-state index is 0.0165. The van der Waals surface area contributed by atoms with Gasteiger partial charge in [0.25, 0.3) is 0 Å². The molecule has 2 nitrogen and oxygen atoms in total. The number of halogens is 1. The number of hydrogen-bond acceptors (Lipinski definition) is 2. The number of carbonyl (C=O) groups is 1. The molecule has 1 rings (SSSR count). The molecule has 1 N–H and O–H groups in total. The van der Waals surface area contributed by atoms with Crippen molar-refractivity contribution in [2.24, 2.45) is 17.8 Å². The highest BCUT2D eigenvalue weighted by molar-refractivity contribution is 14.1. The van der Waals surface area contributed by atoms with E-state index in [1.54, 1.807) is 6.08 Å². The van der Waals surface area contributed by atoms with Crippen molar-refractivity contribution < 1.29 is 9.90 Å². The zero-order valence-corrected chi connectivity index (χ0v) is 13.4. The van der Waals surface area contributed by atoms with Gasteiger partial charge in [-0.2, -0.15) is 0 Å². The molecule has 0 saturated heterocycles. The van der Waals surface area contributed by atoms with Gasteiger partial charge in [0.2, 0.25) is 0 Å². The van der Waals surface area contributed by atoms with E-state index in [2.05, 4.69) is 43.0 Å². The van der Waals surface area contributed by atoms with Crippen LogP contribution in [0.15, 0.2) is 22.3 Å². The van der Waals surface area contributed by atoms with Crippen molar-refractivity contribution in [2.75, 3.05) is 0 Å². The van der Waals surface area contributed by atoms with Crippen LogP contribution in [0.1, 0.15) is 39.5 Å². The van der Waals surface area contributed by atoms with E-state index >= 15 is 0 Å². The maximum atomic E-state index is 12.2. The van der Waals surface area contributed by atoms with E-state index < -0.39 is 0 Å². The zero-order chi connectivity index (χ0) is 13.7. The van der Waals surface area contributed by atoms with Gasteiger partial charge < -0.3 is 5.11 Å². The molecule has 3 heteroatoms. The Morgan fingerprint density at radius 2 is 2.22 bits per heavy atom. The molecule has 4 atom stereocenters. The summed E-state index contributed by atoms with van der Waals surface area (Å²) >= 11 is 2.23. The van der Waals surface area contributed by atoms with Gasteiger partial charge in [-0.25, -0.2) is 0 Å². The van der Waals surface area contributed by atoms with Crippen LogP contribution >= 0.6 is 22.6 Å². The molecule has 18 heavy (non-hydrogen) atoms. The summed E-state index contributed by atoms with van der Waals surface area (Å²) < 4.78 is 1.06. The predicted octanol–water partition coefficient (Wildman–Crippen LogP) is 3.88. The lowest BCUT2D eigenvalue weighted by atomic mass is 9.83. The van der Waals surface area contributed by atoms with Crippen LogP contribution in [0.4, 0.5) is 0 Å². The van der Waals surface area contributed by atoms with Crippen LogP contribution < -0.4 is 0 Å². The van der Waals surface area contributed by atoms with Gasteiger partial charge in [-0.15, -0.1) is 6.58 Å². The van der Waals surface area contributed by atoms with Gasteiger partial charge in [0, 0.05) is 5.92 Å². The van der Waals surface area contributed by atoms with E-state index in [0.717, 1.165) is 22.8 Å². The molecule has 0 saturated carbocycles. The number of aliphatic hydroxyl groups excluding tert-OH is 1. The van der Waals surface area contributed by atoms with Crippen molar-refractivity contribution in [3.8, 4) is 0 Å². The molecule has 0 bridgehead atoms. The first-order valence-corrected chi connectivity index (χ1v) is 7.77. The average Bonchev–Trinajstić information content (AvgIpc) is 2.35. The van der Waals surface area contributed by atoms with Crippen LogP contribution in [0.25, 0.3) is 0 Å². The maximum absolute atomic E-state index is 12.2. The van der Waals surface area contributed by atoms with Crippen molar-refractivity contribution in [1.82, 2.24) is 0 Å². The highest BCUT2D eigenvalue weighted by Crippen LogP contribution is 2.32. The Morgan fingerprint density at radius 3 is 2.78 bits per heavy atom. The van der Waals surface area contributed by atoms with Crippen LogP contribution in [0.5, 0.6) is 0 Å². The molecule has 102 valence electrons. The monoisotopic (exact) mass is 362 g/mol. The van der Waals surface area contributed by atoms with Crippen LogP contribution in [0.3, 0.4) is 0 Å². The Labute approximate surface area is 124 Å². The highest BCUT2D eigenvalue weighted by Gasteiger charge is 2.28. The molecule has 0 fully saturated rings. The normalized spacial score (nSPS) is 37.1. The van der Waals surface area contributed by atoms with E-state index in [-0.39, 0.29) is 29.6 Å². The number of ketones is 1. The number of rotatable bonds is 3. The summed E-state index contributed by atoms with van der Waals surface area (Å²) in [6.07, 6.45) is 6.43. The Hall–Kier alpha value is -0.160. The average molecular weight is 362 g/mol. The van der Waals surface area contributed by atoms with Crippen LogP contribution in [-0.4, -0.2) is 17.0 Å². The van der Waals surface area contributed by atoms with Gasteiger partial charge in [0.15, 0.2) is 5.78 Å². The van der Waals surface area contributed by atoms with Crippen molar-refractivity contribution in [2.45, 2.75) is 45.6 Å². The van der Waals surface area contributed by atoms with E-state index in [4.69, 9.17) is 0 Å². The minimum Gasteiger partial charge on any atom is -0.393 e. The standard InChI is InChI=1S/C15H23IO2/c1-4-6-12-8-11(5-2)14(17)7-10(3)13(16)9-15(12)18/h4,9-12,14,17H,1,5-8H2,2-3H3/b13-9+/t10-,11?,12-,14-/m1/s1. The summed E-state index contributed by atoms with van der Waals surface area (Å²) in [6.45, 7) is 7.90. The zero-order valence-electron chi connectivity index (χ0n) is 11.2. The smallest absolute Gasteiger partial charge is 0.159 e.